The molecule has 0 saturated heterocycles. The maximum absolute atomic E-state index is 6.16. The van der Waals surface area contributed by atoms with Crippen molar-refractivity contribution in [3.63, 3.8) is 0 Å². The average molecular weight is 344 g/mol. The molecule has 2 aromatic heterocycles. The van der Waals surface area contributed by atoms with Gasteiger partial charge in [0.1, 0.15) is 23.5 Å². The standard InChI is InChI=1S/C15H16N6O2S/c1-22-9-3-4-10(11(7-9)23-2)20-13-12(16)14(19-8-18-13)21-15-17-5-6-24-15/h3-8H,16H2,1-2H3,(H2,17,18,19,20,21). The number of nitrogen functional groups attached to an aromatic ring is 1. The Morgan fingerprint density at radius 3 is 2.50 bits per heavy atom. The molecule has 0 spiro atoms. The van der Waals surface area contributed by atoms with Crippen molar-refractivity contribution >= 4 is 39.5 Å². The van der Waals surface area contributed by atoms with Crippen LogP contribution in [0, 0.1) is 0 Å². The lowest BCUT2D eigenvalue weighted by atomic mass is 10.2. The van der Waals surface area contributed by atoms with Crippen LogP contribution in [0.15, 0.2) is 36.1 Å². The topological polar surface area (TPSA) is 107 Å². The number of nitrogens with two attached hydrogens (primary N) is 1. The summed E-state index contributed by atoms with van der Waals surface area (Å²) < 4.78 is 10.6. The lowest BCUT2D eigenvalue weighted by Crippen LogP contribution is -2.05. The first kappa shape index (κ1) is 15.8. The van der Waals surface area contributed by atoms with Crippen molar-refractivity contribution in [1.29, 1.82) is 0 Å². The zero-order valence-electron chi connectivity index (χ0n) is 13.1. The van der Waals surface area contributed by atoms with Gasteiger partial charge in [-0.25, -0.2) is 15.0 Å². The molecule has 3 rings (SSSR count). The molecule has 0 fully saturated rings. The van der Waals surface area contributed by atoms with Gasteiger partial charge in [-0.15, -0.1) is 11.3 Å². The molecule has 3 aromatic rings. The Labute approximate surface area is 142 Å². The molecule has 8 nitrogen and oxygen atoms in total. The normalized spacial score (nSPS) is 10.2. The van der Waals surface area contributed by atoms with E-state index in [9.17, 15) is 0 Å². The van der Waals surface area contributed by atoms with Crippen LogP contribution in [0.3, 0.4) is 0 Å². The summed E-state index contributed by atoms with van der Waals surface area (Å²) in [5.74, 6) is 2.25. The molecule has 0 atom stereocenters. The molecule has 0 unspecified atom stereocenters. The van der Waals surface area contributed by atoms with Gasteiger partial charge in [0.05, 0.1) is 19.9 Å². The number of nitrogens with zero attached hydrogens (tertiary/aromatic N) is 3. The number of aromatic nitrogens is 3. The average Bonchev–Trinajstić information content (AvgIpc) is 3.12. The molecule has 1 aromatic carbocycles. The molecule has 0 bridgehead atoms. The lowest BCUT2D eigenvalue weighted by Gasteiger charge is -2.14. The first-order valence-corrected chi connectivity index (χ1v) is 7.85. The van der Waals surface area contributed by atoms with E-state index in [4.69, 9.17) is 15.2 Å². The van der Waals surface area contributed by atoms with Crippen molar-refractivity contribution in [1.82, 2.24) is 15.0 Å². The summed E-state index contributed by atoms with van der Waals surface area (Å²) in [6.07, 6.45) is 3.12. The number of hydrogen-bond acceptors (Lipinski definition) is 9. The quantitative estimate of drug-likeness (QED) is 0.626. The molecule has 0 aliphatic rings. The number of anilines is 5. The van der Waals surface area contributed by atoms with Gasteiger partial charge in [0, 0.05) is 17.6 Å². The summed E-state index contributed by atoms with van der Waals surface area (Å²) in [4.78, 5) is 12.5. The SMILES string of the molecule is COc1ccc(Nc2ncnc(Nc3nccs3)c2N)c(OC)c1. The van der Waals surface area contributed by atoms with E-state index in [1.165, 1.54) is 17.7 Å². The number of nitrogens with one attached hydrogen (secondary N) is 2. The van der Waals surface area contributed by atoms with Gasteiger partial charge in [0.15, 0.2) is 16.8 Å². The highest BCUT2D eigenvalue weighted by Crippen LogP contribution is 2.34. The second-order valence-corrected chi connectivity index (χ2v) is 5.53. The summed E-state index contributed by atoms with van der Waals surface area (Å²) in [6.45, 7) is 0. The van der Waals surface area contributed by atoms with E-state index in [0.29, 0.717) is 39.6 Å². The molecule has 9 heteroatoms. The Bertz CT molecular complexity index is 825. The van der Waals surface area contributed by atoms with Gasteiger partial charge in [0.2, 0.25) is 0 Å². The zero-order chi connectivity index (χ0) is 16.9. The van der Waals surface area contributed by atoms with Crippen molar-refractivity contribution in [3.05, 3.63) is 36.1 Å². The molecular weight excluding hydrogens is 328 g/mol. The number of methoxy groups -OCH3 is 2. The van der Waals surface area contributed by atoms with Crippen molar-refractivity contribution in [3.8, 4) is 11.5 Å². The Balaban J connectivity index is 1.88. The van der Waals surface area contributed by atoms with E-state index in [2.05, 4.69) is 25.6 Å². The smallest absolute Gasteiger partial charge is 0.188 e. The van der Waals surface area contributed by atoms with E-state index >= 15 is 0 Å². The van der Waals surface area contributed by atoms with Crippen LogP contribution in [0.1, 0.15) is 0 Å². The number of thiazole rings is 1. The van der Waals surface area contributed by atoms with Gasteiger partial charge in [-0.1, -0.05) is 0 Å². The fraction of sp³-hybridized carbons (Fsp3) is 0.133. The predicted octanol–water partition coefficient (Wildman–Crippen LogP) is 3.02. The van der Waals surface area contributed by atoms with Gasteiger partial charge in [-0.2, -0.15) is 0 Å². The highest BCUT2D eigenvalue weighted by Gasteiger charge is 2.12. The van der Waals surface area contributed by atoms with Crippen LogP contribution >= 0.6 is 11.3 Å². The number of rotatable bonds is 6. The van der Waals surface area contributed by atoms with Crippen LogP contribution in [-0.4, -0.2) is 29.2 Å². The molecule has 0 amide bonds. The van der Waals surface area contributed by atoms with Crippen molar-refractivity contribution in [2.75, 3.05) is 30.6 Å². The third-order valence-corrected chi connectivity index (χ3v) is 3.89. The van der Waals surface area contributed by atoms with Crippen LogP contribution in [0.4, 0.5) is 28.1 Å². The third-order valence-electron chi connectivity index (χ3n) is 3.20. The Morgan fingerprint density at radius 2 is 1.83 bits per heavy atom. The summed E-state index contributed by atoms with van der Waals surface area (Å²) in [6, 6.07) is 5.42. The molecular formula is C15H16N6O2S. The molecule has 0 saturated carbocycles. The Hall–Kier alpha value is -3.07. The highest BCUT2D eigenvalue weighted by molar-refractivity contribution is 7.13. The minimum atomic E-state index is 0.380. The van der Waals surface area contributed by atoms with Gasteiger partial charge < -0.3 is 25.8 Å². The van der Waals surface area contributed by atoms with Crippen molar-refractivity contribution in [2.24, 2.45) is 0 Å². The number of ether oxygens (including phenoxy) is 2. The van der Waals surface area contributed by atoms with Crippen LogP contribution < -0.4 is 25.8 Å². The molecule has 0 radical (unpaired) electrons. The Morgan fingerprint density at radius 1 is 1.04 bits per heavy atom. The Kier molecular flexibility index (Phi) is 4.62. The van der Waals surface area contributed by atoms with Crippen LogP contribution in [0.25, 0.3) is 0 Å². The van der Waals surface area contributed by atoms with Crippen LogP contribution in [0.2, 0.25) is 0 Å². The lowest BCUT2D eigenvalue weighted by molar-refractivity contribution is 0.395. The maximum Gasteiger partial charge on any atom is 0.188 e. The minimum Gasteiger partial charge on any atom is -0.497 e. The molecule has 0 aliphatic heterocycles. The van der Waals surface area contributed by atoms with E-state index in [1.807, 2.05) is 17.5 Å². The monoisotopic (exact) mass is 344 g/mol. The van der Waals surface area contributed by atoms with Gasteiger partial charge in [-0.05, 0) is 12.1 Å². The summed E-state index contributed by atoms with van der Waals surface area (Å²) in [5.41, 5.74) is 7.25. The molecule has 2 heterocycles. The minimum absolute atomic E-state index is 0.380. The summed E-state index contributed by atoms with van der Waals surface area (Å²) >= 11 is 1.45. The van der Waals surface area contributed by atoms with Gasteiger partial charge in [-0.3, -0.25) is 0 Å². The van der Waals surface area contributed by atoms with E-state index in [1.54, 1.807) is 26.5 Å². The maximum atomic E-state index is 6.16. The fourth-order valence-electron chi connectivity index (χ4n) is 2.01. The van der Waals surface area contributed by atoms with Gasteiger partial charge >= 0.3 is 0 Å². The van der Waals surface area contributed by atoms with E-state index in [-0.39, 0.29) is 0 Å². The number of hydrogen-bond donors (Lipinski definition) is 3. The molecule has 4 N–H and O–H groups in total. The third kappa shape index (κ3) is 3.30. The first-order valence-electron chi connectivity index (χ1n) is 6.97. The summed E-state index contributed by atoms with van der Waals surface area (Å²) in [7, 11) is 3.18. The van der Waals surface area contributed by atoms with E-state index < -0.39 is 0 Å². The van der Waals surface area contributed by atoms with Crippen molar-refractivity contribution in [2.45, 2.75) is 0 Å². The van der Waals surface area contributed by atoms with Crippen LogP contribution in [-0.2, 0) is 0 Å². The molecule has 124 valence electrons. The van der Waals surface area contributed by atoms with Crippen molar-refractivity contribution < 1.29 is 9.47 Å². The molecule has 0 aliphatic carbocycles. The zero-order valence-corrected chi connectivity index (χ0v) is 13.9. The summed E-state index contributed by atoms with van der Waals surface area (Å²) in [5, 5.41) is 8.78. The number of benzene rings is 1. The van der Waals surface area contributed by atoms with E-state index in [0.717, 1.165) is 0 Å². The largest absolute Gasteiger partial charge is 0.497 e. The second kappa shape index (κ2) is 7.01. The first-order chi connectivity index (χ1) is 11.7. The second-order valence-electron chi connectivity index (χ2n) is 4.64. The molecule has 24 heavy (non-hydrogen) atoms. The fourth-order valence-corrected chi connectivity index (χ4v) is 2.54. The predicted molar refractivity (Wildman–Crippen MR) is 94.7 cm³/mol. The van der Waals surface area contributed by atoms with Gasteiger partial charge in [0.25, 0.3) is 0 Å². The van der Waals surface area contributed by atoms with Crippen LogP contribution in [0.5, 0.6) is 11.5 Å². The highest BCUT2D eigenvalue weighted by atomic mass is 32.1.